The number of pyridine rings is 1. The van der Waals surface area contributed by atoms with Gasteiger partial charge in [0.2, 0.25) is 0 Å². The van der Waals surface area contributed by atoms with Crippen molar-refractivity contribution in [3.8, 4) is 17.3 Å². The number of hydrogen-bond acceptors (Lipinski definition) is 5. The number of aryl methyl sites for hydroxylation is 1. The third-order valence-electron chi connectivity index (χ3n) is 2.27. The average molecular weight is 259 g/mol. The minimum absolute atomic E-state index is 0.0925. The van der Waals surface area contributed by atoms with Gasteiger partial charge in [0.25, 0.3) is 0 Å². The number of aldehydes is 1. The molecule has 0 N–H and O–H groups in total. The van der Waals surface area contributed by atoms with E-state index in [4.69, 9.17) is 16.9 Å². The second-order valence-electron chi connectivity index (χ2n) is 3.52. The van der Waals surface area contributed by atoms with Gasteiger partial charge in [-0.3, -0.25) is 9.78 Å². The number of carbonyl (C=O) groups excluding carboxylic acids is 1. The van der Waals surface area contributed by atoms with Crippen molar-refractivity contribution in [2.75, 3.05) is 0 Å². The zero-order valence-electron chi connectivity index (χ0n) is 9.38. The zero-order chi connectivity index (χ0) is 13.1. The lowest BCUT2D eigenvalue weighted by molar-refractivity contribution is 0.112. The Morgan fingerprint density at radius 2 is 2.17 bits per heavy atom. The predicted octanol–water partition coefficient (Wildman–Crippen LogP) is 2.18. The minimum Gasteiger partial charge on any atom is -0.298 e. The molecular formula is C12H7ClN4O. The molecule has 0 spiro atoms. The molecule has 0 aliphatic rings. The first-order chi connectivity index (χ1) is 8.65. The fourth-order valence-electron chi connectivity index (χ4n) is 1.50. The molecule has 88 valence electrons. The van der Waals surface area contributed by atoms with Crippen LogP contribution in [0.5, 0.6) is 0 Å². The molecule has 0 fully saturated rings. The first-order valence-corrected chi connectivity index (χ1v) is 5.38. The van der Waals surface area contributed by atoms with E-state index in [0.717, 1.165) is 0 Å². The second kappa shape index (κ2) is 4.90. The van der Waals surface area contributed by atoms with Crippen molar-refractivity contribution in [3.63, 3.8) is 0 Å². The molecule has 2 rings (SSSR count). The third-order valence-corrected chi connectivity index (χ3v) is 2.56. The normalized spacial score (nSPS) is 9.83. The highest BCUT2D eigenvalue weighted by Gasteiger charge is 2.13. The lowest BCUT2D eigenvalue weighted by Crippen LogP contribution is -2.00. The van der Waals surface area contributed by atoms with Crippen molar-refractivity contribution in [2.24, 2.45) is 0 Å². The van der Waals surface area contributed by atoms with E-state index in [9.17, 15) is 4.79 Å². The summed E-state index contributed by atoms with van der Waals surface area (Å²) in [5.41, 5.74) is 1.52. The molecule has 2 aromatic heterocycles. The van der Waals surface area contributed by atoms with Crippen LogP contribution in [0.4, 0.5) is 0 Å². The molecule has 0 saturated heterocycles. The predicted molar refractivity (Wildman–Crippen MR) is 65.1 cm³/mol. The Kier molecular flexibility index (Phi) is 3.31. The van der Waals surface area contributed by atoms with Gasteiger partial charge in [0.05, 0.1) is 16.8 Å². The lowest BCUT2D eigenvalue weighted by Gasteiger charge is -2.06. The maximum absolute atomic E-state index is 11.0. The minimum atomic E-state index is 0.0925. The number of nitrogens with zero attached hydrogens (tertiary/aromatic N) is 4. The van der Waals surface area contributed by atoms with Gasteiger partial charge in [0, 0.05) is 18.0 Å². The van der Waals surface area contributed by atoms with Gasteiger partial charge in [-0.05, 0) is 13.0 Å². The van der Waals surface area contributed by atoms with Crippen molar-refractivity contribution in [1.82, 2.24) is 15.0 Å². The van der Waals surface area contributed by atoms with Crippen molar-refractivity contribution in [3.05, 3.63) is 40.6 Å². The van der Waals surface area contributed by atoms with Gasteiger partial charge in [-0.15, -0.1) is 0 Å². The molecule has 0 aromatic carbocycles. The zero-order valence-corrected chi connectivity index (χ0v) is 10.1. The van der Waals surface area contributed by atoms with E-state index in [2.05, 4.69) is 15.0 Å². The fourth-order valence-corrected chi connectivity index (χ4v) is 1.76. The summed E-state index contributed by atoms with van der Waals surface area (Å²) >= 11 is 5.89. The van der Waals surface area contributed by atoms with E-state index >= 15 is 0 Å². The van der Waals surface area contributed by atoms with E-state index in [-0.39, 0.29) is 10.7 Å². The monoisotopic (exact) mass is 258 g/mol. The van der Waals surface area contributed by atoms with Crippen LogP contribution in [0.25, 0.3) is 11.3 Å². The molecule has 0 amide bonds. The molecule has 2 heterocycles. The number of rotatable bonds is 2. The Balaban J connectivity index is 2.70. The molecule has 0 unspecified atom stereocenters. The van der Waals surface area contributed by atoms with Gasteiger partial charge < -0.3 is 0 Å². The Labute approximate surface area is 108 Å². The Morgan fingerprint density at radius 3 is 2.83 bits per heavy atom. The summed E-state index contributed by atoms with van der Waals surface area (Å²) in [6.07, 6.45) is 3.54. The van der Waals surface area contributed by atoms with Crippen molar-refractivity contribution in [2.45, 2.75) is 6.92 Å². The molecule has 2 aromatic rings. The smallest absolute Gasteiger partial charge is 0.155 e. The van der Waals surface area contributed by atoms with Gasteiger partial charge >= 0.3 is 0 Å². The summed E-state index contributed by atoms with van der Waals surface area (Å²) in [7, 11) is 0. The maximum atomic E-state index is 11.0. The Morgan fingerprint density at radius 1 is 1.39 bits per heavy atom. The van der Waals surface area contributed by atoms with E-state index in [1.54, 1.807) is 13.0 Å². The Bertz CT molecular complexity index is 664. The first-order valence-electron chi connectivity index (χ1n) is 5.00. The van der Waals surface area contributed by atoms with Crippen LogP contribution < -0.4 is 0 Å². The topological polar surface area (TPSA) is 79.5 Å². The molecule has 0 bridgehead atoms. The quantitative estimate of drug-likeness (QED) is 0.609. The van der Waals surface area contributed by atoms with Crippen molar-refractivity contribution >= 4 is 17.9 Å². The molecular weight excluding hydrogens is 252 g/mol. The van der Waals surface area contributed by atoms with Crippen LogP contribution >= 0.6 is 11.6 Å². The largest absolute Gasteiger partial charge is 0.298 e. The Hall–Kier alpha value is -2.32. The molecule has 0 aliphatic heterocycles. The second-order valence-corrected chi connectivity index (χ2v) is 3.87. The van der Waals surface area contributed by atoms with E-state index < -0.39 is 0 Å². The number of hydrogen-bond donors (Lipinski definition) is 0. The van der Waals surface area contributed by atoms with E-state index in [0.29, 0.717) is 28.9 Å². The van der Waals surface area contributed by atoms with E-state index in [1.165, 1.54) is 12.4 Å². The summed E-state index contributed by atoms with van der Waals surface area (Å²) < 4.78 is 0. The SMILES string of the molecule is Cc1nc(Cl)c(C=O)c(-c2cncc(C#N)c2)n1. The van der Waals surface area contributed by atoms with Crippen LogP contribution in [-0.2, 0) is 0 Å². The third kappa shape index (κ3) is 2.19. The van der Waals surface area contributed by atoms with Crippen molar-refractivity contribution < 1.29 is 4.79 Å². The van der Waals surface area contributed by atoms with E-state index in [1.807, 2.05) is 6.07 Å². The van der Waals surface area contributed by atoms with Crippen LogP contribution in [0.1, 0.15) is 21.7 Å². The van der Waals surface area contributed by atoms with Gasteiger partial charge in [-0.2, -0.15) is 5.26 Å². The summed E-state index contributed by atoms with van der Waals surface area (Å²) in [6.45, 7) is 1.67. The standard InChI is InChI=1S/C12H7ClN4O/c1-7-16-11(10(6-18)12(13)17-7)9-2-8(3-14)4-15-5-9/h2,4-6H,1H3. The van der Waals surface area contributed by atoms with Gasteiger partial charge in [0.1, 0.15) is 17.0 Å². The highest BCUT2D eigenvalue weighted by Crippen LogP contribution is 2.24. The van der Waals surface area contributed by atoms with Gasteiger partial charge in [-0.1, -0.05) is 11.6 Å². The van der Waals surface area contributed by atoms with Gasteiger partial charge in [0.15, 0.2) is 6.29 Å². The van der Waals surface area contributed by atoms with Crippen LogP contribution in [-0.4, -0.2) is 21.2 Å². The molecule has 0 radical (unpaired) electrons. The fraction of sp³-hybridized carbons (Fsp3) is 0.0833. The first kappa shape index (κ1) is 12.1. The summed E-state index contributed by atoms with van der Waals surface area (Å²) in [5.74, 6) is 0.447. The average Bonchev–Trinajstić information content (AvgIpc) is 2.38. The number of carbonyl (C=O) groups is 1. The van der Waals surface area contributed by atoms with Gasteiger partial charge in [-0.25, -0.2) is 9.97 Å². The molecule has 18 heavy (non-hydrogen) atoms. The molecule has 5 nitrogen and oxygen atoms in total. The molecule has 0 saturated carbocycles. The number of aromatic nitrogens is 3. The summed E-state index contributed by atoms with van der Waals surface area (Å²) in [6, 6.07) is 3.57. The highest BCUT2D eigenvalue weighted by atomic mass is 35.5. The number of nitriles is 1. The maximum Gasteiger partial charge on any atom is 0.155 e. The van der Waals surface area contributed by atoms with Crippen LogP contribution in [0.15, 0.2) is 18.5 Å². The molecule has 6 heteroatoms. The number of halogens is 1. The lowest BCUT2D eigenvalue weighted by atomic mass is 10.1. The van der Waals surface area contributed by atoms with Crippen molar-refractivity contribution in [1.29, 1.82) is 5.26 Å². The van der Waals surface area contributed by atoms with Crippen LogP contribution in [0, 0.1) is 18.3 Å². The molecule has 0 aliphatic carbocycles. The molecule has 0 atom stereocenters. The van der Waals surface area contributed by atoms with Crippen LogP contribution in [0.3, 0.4) is 0 Å². The summed E-state index contributed by atoms with van der Waals surface area (Å²) in [5, 5.41) is 8.92. The summed E-state index contributed by atoms with van der Waals surface area (Å²) in [4.78, 5) is 23.0. The van der Waals surface area contributed by atoms with Crippen LogP contribution in [0.2, 0.25) is 5.15 Å². The highest BCUT2D eigenvalue weighted by molar-refractivity contribution is 6.32.